The molecule has 2 amide bonds. The maximum absolute atomic E-state index is 14.0. The Hall–Kier alpha value is -3.75. The van der Waals surface area contributed by atoms with Gasteiger partial charge in [-0.05, 0) is 60.5 Å². The van der Waals surface area contributed by atoms with Crippen molar-refractivity contribution in [2.24, 2.45) is 5.73 Å². The number of aryl methyl sites for hydroxylation is 1. The van der Waals surface area contributed by atoms with E-state index >= 15 is 0 Å². The van der Waals surface area contributed by atoms with Gasteiger partial charge >= 0.3 is 0 Å². The Balaban J connectivity index is 1.68. The van der Waals surface area contributed by atoms with Gasteiger partial charge in [0.2, 0.25) is 0 Å². The number of halogens is 3. The highest BCUT2D eigenvalue weighted by molar-refractivity contribution is 6.42. The smallest absolute Gasteiger partial charge is 0.270 e. The van der Waals surface area contributed by atoms with Crippen LogP contribution in [0.1, 0.15) is 37.8 Å². The Bertz CT molecular complexity index is 1440. The fourth-order valence-corrected chi connectivity index (χ4v) is 3.83. The first-order chi connectivity index (χ1) is 16.7. The largest absolute Gasteiger partial charge is 0.366 e. The SMILES string of the molecule is Cc1nccn1Cc1cc(C(=O)NCc2ccc(Cl)c(Cl)c2)nc(-c2ccc(F)c(C(N)=O)c2)c1. The molecule has 0 radical (unpaired) electrons. The van der Waals surface area contributed by atoms with Gasteiger partial charge in [0.05, 0.1) is 21.3 Å². The van der Waals surface area contributed by atoms with Crippen LogP contribution in [0.15, 0.2) is 60.9 Å². The zero-order valence-corrected chi connectivity index (χ0v) is 20.1. The second-order valence-electron chi connectivity index (χ2n) is 7.84. The van der Waals surface area contributed by atoms with Crippen molar-refractivity contribution in [3.05, 3.63) is 105 Å². The topological polar surface area (TPSA) is 103 Å². The van der Waals surface area contributed by atoms with Gasteiger partial charge in [-0.2, -0.15) is 0 Å². The summed E-state index contributed by atoms with van der Waals surface area (Å²) in [6.07, 6.45) is 3.50. The number of hydrogen-bond donors (Lipinski definition) is 2. The fraction of sp³-hybridized carbons (Fsp3) is 0.120. The quantitative estimate of drug-likeness (QED) is 0.372. The van der Waals surface area contributed by atoms with Crippen LogP contribution in [0.3, 0.4) is 0 Å². The zero-order chi connectivity index (χ0) is 25.1. The molecule has 10 heteroatoms. The highest BCUT2D eigenvalue weighted by Gasteiger charge is 2.16. The number of carbonyl (C=O) groups excluding carboxylic acids is 2. The summed E-state index contributed by atoms with van der Waals surface area (Å²) < 4.78 is 15.9. The monoisotopic (exact) mass is 511 g/mol. The molecule has 2 aromatic heterocycles. The Morgan fingerprint density at radius 2 is 1.86 bits per heavy atom. The number of hydrogen-bond acceptors (Lipinski definition) is 4. The van der Waals surface area contributed by atoms with Crippen molar-refractivity contribution in [2.45, 2.75) is 20.0 Å². The number of aromatic nitrogens is 3. The molecule has 4 rings (SSSR count). The molecule has 0 bridgehead atoms. The van der Waals surface area contributed by atoms with Crippen LogP contribution in [0.2, 0.25) is 10.0 Å². The molecule has 0 spiro atoms. The first-order valence-electron chi connectivity index (χ1n) is 10.5. The average molecular weight is 512 g/mol. The summed E-state index contributed by atoms with van der Waals surface area (Å²) in [4.78, 5) is 33.3. The lowest BCUT2D eigenvalue weighted by molar-refractivity contribution is 0.0944. The molecule has 0 unspecified atom stereocenters. The van der Waals surface area contributed by atoms with Crippen molar-refractivity contribution in [3.63, 3.8) is 0 Å². The lowest BCUT2D eigenvalue weighted by Gasteiger charge is -2.12. The van der Waals surface area contributed by atoms with Gasteiger partial charge in [0.1, 0.15) is 17.3 Å². The summed E-state index contributed by atoms with van der Waals surface area (Å²) in [5.74, 6) is -1.24. The lowest BCUT2D eigenvalue weighted by atomic mass is 10.0. The van der Waals surface area contributed by atoms with Crippen LogP contribution < -0.4 is 11.1 Å². The minimum absolute atomic E-state index is 0.153. The molecule has 0 saturated heterocycles. The third kappa shape index (κ3) is 5.67. The van der Waals surface area contributed by atoms with Crippen LogP contribution in [-0.2, 0) is 13.1 Å². The summed E-state index contributed by atoms with van der Waals surface area (Å²) >= 11 is 12.0. The van der Waals surface area contributed by atoms with E-state index in [0.29, 0.717) is 27.8 Å². The zero-order valence-electron chi connectivity index (χ0n) is 18.6. The normalized spacial score (nSPS) is 10.9. The molecular weight excluding hydrogens is 492 g/mol. The first-order valence-corrected chi connectivity index (χ1v) is 11.3. The molecule has 0 aliphatic heterocycles. The maximum Gasteiger partial charge on any atom is 0.270 e. The molecule has 0 aliphatic rings. The van der Waals surface area contributed by atoms with E-state index < -0.39 is 17.6 Å². The van der Waals surface area contributed by atoms with E-state index in [9.17, 15) is 14.0 Å². The molecule has 178 valence electrons. The molecule has 0 atom stereocenters. The lowest BCUT2D eigenvalue weighted by Crippen LogP contribution is -2.24. The highest BCUT2D eigenvalue weighted by Crippen LogP contribution is 2.24. The molecule has 0 fully saturated rings. The van der Waals surface area contributed by atoms with Gasteiger partial charge in [-0.1, -0.05) is 29.3 Å². The average Bonchev–Trinajstić information content (AvgIpc) is 3.23. The minimum atomic E-state index is -0.894. The van der Waals surface area contributed by atoms with Crippen molar-refractivity contribution in [3.8, 4) is 11.3 Å². The molecule has 4 aromatic rings. The summed E-state index contributed by atoms with van der Waals surface area (Å²) in [5, 5.41) is 3.63. The molecule has 7 nitrogen and oxygen atoms in total. The third-order valence-corrected chi connectivity index (χ3v) is 6.10. The van der Waals surface area contributed by atoms with Crippen molar-refractivity contribution in [1.82, 2.24) is 19.9 Å². The number of nitrogens with two attached hydrogens (primary N) is 1. The van der Waals surface area contributed by atoms with E-state index in [1.165, 1.54) is 12.1 Å². The van der Waals surface area contributed by atoms with E-state index in [4.69, 9.17) is 28.9 Å². The maximum atomic E-state index is 14.0. The predicted molar refractivity (Wildman–Crippen MR) is 132 cm³/mol. The minimum Gasteiger partial charge on any atom is -0.366 e. The molecule has 2 heterocycles. The van der Waals surface area contributed by atoms with Gasteiger partial charge < -0.3 is 15.6 Å². The molecule has 0 aliphatic carbocycles. The summed E-state index contributed by atoms with van der Waals surface area (Å²) in [6.45, 7) is 2.50. The number of nitrogens with zero attached hydrogens (tertiary/aromatic N) is 3. The molecule has 0 saturated carbocycles. The van der Waals surface area contributed by atoms with E-state index in [1.807, 2.05) is 17.7 Å². The molecular formula is C25H20Cl2FN5O2. The van der Waals surface area contributed by atoms with Crippen LogP contribution in [0.4, 0.5) is 4.39 Å². The number of nitrogens with one attached hydrogen (secondary N) is 1. The van der Waals surface area contributed by atoms with Gasteiger partial charge in [0.15, 0.2) is 0 Å². The van der Waals surface area contributed by atoms with Crippen molar-refractivity contribution in [2.75, 3.05) is 0 Å². The summed E-state index contributed by atoms with van der Waals surface area (Å²) in [7, 11) is 0. The van der Waals surface area contributed by atoms with E-state index in [1.54, 1.807) is 36.5 Å². The van der Waals surface area contributed by atoms with Crippen LogP contribution in [-0.4, -0.2) is 26.3 Å². The molecule has 3 N–H and O–H groups in total. The molecule has 2 aromatic carbocycles. The Kier molecular flexibility index (Phi) is 7.14. The number of carbonyl (C=O) groups is 2. The number of imidazole rings is 1. The van der Waals surface area contributed by atoms with Crippen LogP contribution in [0.5, 0.6) is 0 Å². The van der Waals surface area contributed by atoms with Crippen LogP contribution >= 0.6 is 23.2 Å². The van der Waals surface area contributed by atoms with E-state index in [-0.39, 0.29) is 17.8 Å². The third-order valence-electron chi connectivity index (χ3n) is 5.36. The molecule has 35 heavy (non-hydrogen) atoms. The summed E-state index contributed by atoms with van der Waals surface area (Å²) in [5.41, 5.74) is 7.56. The van der Waals surface area contributed by atoms with Gasteiger partial charge in [-0.25, -0.2) is 14.4 Å². The first kappa shape index (κ1) is 24.4. The second-order valence-corrected chi connectivity index (χ2v) is 8.65. The fourth-order valence-electron chi connectivity index (χ4n) is 3.51. The van der Waals surface area contributed by atoms with Crippen LogP contribution in [0, 0.1) is 12.7 Å². The van der Waals surface area contributed by atoms with Crippen LogP contribution in [0.25, 0.3) is 11.3 Å². The van der Waals surface area contributed by atoms with Crippen molar-refractivity contribution >= 4 is 35.0 Å². The summed E-state index contributed by atoms with van der Waals surface area (Å²) in [6, 6.07) is 12.5. The van der Waals surface area contributed by atoms with Gasteiger partial charge in [0, 0.05) is 31.0 Å². The standard InChI is InChI=1S/C25H20Cl2FN5O2/c1-14-30-6-7-33(14)13-16-9-22(17-3-5-21(28)18(11-17)24(29)34)32-23(10-16)25(35)31-12-15-2-4-19(26)20(27)8-15/h2-11H,12-13H2,1H3,(H2,29,34)(H,31,35). The van der Waals surface area contributed by atoms with E-state index in [2.05, 4.69) is 15.3 Å². The Labute approximate surface area is 210 Å². The van der Waals surface area contributed by atoms with Gasteiger partial charge in [-0.15, -0.1) is 0 Å². The van der Waals surface area contributed by atoms with Gasteiger partial charge in [-0.3, -0.25) is 9.59 Å². The number of amides is 2. The Morgan fingerprint density at radius 1 is 1.06 bits per heavy atom. The number of benzene rings is 2. The highest BCUT2D eigenvalue weighted by atomic mass is 35.5. The van der Waals surface area contributed by atoms with Crippen molar-refractivity contribution in [1.29, 1.82) is 0 Å². The van der Waals surface area contributed by atoms with E-state index in [0.717, 1.165) is 23.0 Å². The number of primary amides is 1. The number of pyridine rings is 1. The van der Waals surface area contributed by atoms with Crippen molar-refractivity contribution < 1.29 is 14.0 Å². The predicted octanol–water partition coefficient (Wildman–Crippen LogP) is 4.78. The Morgan fingerprint density at radius 3 is 2.54 bits per heavy atom. The second kappa shape index (κ2) is 10.2. The number of rotatable bonds is 7. The van der Waals surface area contributed by atoms with Gasteiger partial charge in [0.25, 0.3) is 11.8 Å².